The van der Waals surface area contributed by atoms with Gasteiger partial charge in [0.15, 0.2) is 5.96 Å². The summed E-state index contributed by atoms with van der Waals surface area (Å²) in [4.78, 5) is 49.3. The molecule has 0 aromatic heterocycles. The fraction of sp³-hybridized carbons (Fsp3) is 0.761. The molecular formula is C46H76IN9O7S2. The van der Waals surface area contributed by atoms with Crippen molar-refractivity contribution in [2.75, 3.05) is 104 Å². The highest BCUT2D eigenvalue weighted by molar-refractivity contribution is 14.1. The highest BCUT2D eigenvalue weighted by atomic mass is 127. The number of amidine groups is 1. The standard InChI is InChI=1S/C46H76IN9O7S2/c47-36-13-11-12-34(28-36)45(59)52-18-24-62-26-27-63-25-19-56(30-41(57)50-16-5-9-22-60-20-7-1-3-14-38-43-35(32-64-38)29-40(48)54-43)31-42(58)51-17-6-10-23-61-21-8-2-4-15-39-44-37(33-65-39)53-46(49)55-44/h11-13,28,35,37-39,43-44H,1-10,14-27,29-33H2,(H2,48,54)(H,50,57)(H,51,58)(H,52,59)(H3,49,53,55)/t35-,37-,38-,39-,43-,44-/m0/s1. The van der Waals surface area contributed by atoms with Gasteiger partial charge in [-0.2, -0.15) is 23.5 Å². The summed E-state index contributed by atoms with van der Waals surface area (Å²) in [5.74, 6) is 3.98. The zero-order valence-electron chi connectivity index (χ0n) is 38.3. The molecule has 8 N–H and O–H groups in total. The average Bonchev–Trinajstić information content (AvgIpc) is 4.05. The number of guanidine groups is 1. The van der Waals surface area contributed by atoms with E-state index in [1.54, 1.807) is 6.07 Å². The van der Waals surface area contributed by atoms with Gasteiger partial charge >= 0.3 is 0 Å². The minimum absolute atomic E-state index is 0.0952. The maximum atomic E-state index is 12.9. The molecule has 19 heteroatoms. The number of benzene rings is 1. The van der Waals surface area contributed by atoms with Crippen LogP contribution in [0.1, 0.15) is 93.8 Å². The number of ether oxygens (including phenoxy) is 4. The minimum atomic E-state index is -0.135. The van der Waals surface area contributed by atoms with E-state index in [2.05, 4.69) is 65.6 Å². The van der Waals surface area contributed by atoms with Crippen molar-refractivity contribution in [2.45, 2.75) is 112 Å². The Kier molecular flexibility index (Phi) is 26.0. The summed E-state index contributed by atoms with van der Waals surface area (Å²) >= 11 is 6.26. The molecular weight excluding hydrogens is 982 g/mol. The number of halogens is 1. The first-order chi connectivity index (χ1) is 31.7. The van der Waals surface area contributed by atoms with E-state index >= 15 is 0 Å². The number of hydrogen-bond donors (Lipinski definition) is 6. The number of hydrogen-bond acceptors (Lipinski definition) is 15. The fourth-order valence-corrected chi connectivity index (χ4v) is 12.2. The summed E-state index contributed by atoms with van der Waals surface area (Å²) in [6.07, 6.45) is 13.5. The largest absolute Gasteiger partial charge is 0.387 e. The van der Waals surface area contributed by atoms with Gasteiger partial charge in [0, 0.05) is 84.4 Å². The van der Waals surface area contributed by atoms with Crippen LogP contribution in [0.5, 0.6) is 0 Å². The smallest absolute Gasteiger partial charge is 0.251 e. The van der Waals surface area contributed by atoms with Gasteiger partial charge < -0.3 is 51.7 Å². The van der Waals surface area contributed by atoms with Crippen molar-refractivity contribution in [1.82, 2.24) is 26.2 Å². The topological polar surface area (TPSA) is 216 Å². The predicted octanol–water partition coefficient (Wildman–Crippen LogP) is 3.93. The zero-order chi connectivity index (χ0) is 45.9. The summed E-state index contributed by atoms with van der Waals surface area (Å²) in [7, 11) is 0. The van der Waals surface area contributed by atoms with E-state index in [9.17, 15) is 14.4 Å². The Labute approximate surface area is 409 Å². The van der Waals surface area contributed by atoms with E-state index in [0.29, 0.717) is 112 Å². The Morgan fingerprint density at radius 3 is 1.95 bits per heavy atom. The second-order valence-electron chi connectivity index (χ2n) is 17.3. The molecule has 6 atom stereocenters. The SMILES string of the molecule is NC1=N[C@H]2[C@H](CS[C@H]2CCCCCOCCCCNC(=O)CN(CCOCCOCCNC(=O)c2cccc(I)c2)CC(=O)NCCCCOCCCCC[C@@H]2SC[C@@H]3NC(N)=N[C@@H]32)C1. The van der Waals surface area contributed by atoms with Crippen molar-refractivity contribution in [3.8, 4) is 0 Å². The molecule has 0 unspecified atom stereocenters. The molecule has 4 heterocycles. The molecule has 65 heavy (non-hydrogen) atoms. The van der Waals surface area contributed by atoms with Gasteiger partial charge in [-0.25, -0.2) is 4.99 Å². The third kappa shape index (κ3) is 21.2. The van der Waals surface area contributed by atoms with Crippen molar-refractivity contribution in [2.24, 2.45) is 27.4 Å². The van der Waals surface area contributed by atoms with Crippen LogP contribution in [0.15, 0.2) is 34.3 Å². The van der Waals surface area contributed by atoms with Gasteiger partial charge in [0.2, 0.25) is 11.8 Å². The molecule has 0 radical (unpaired) electrons. The number of amides is 3. The van der Waals surface area contributed by atoms with Gasteiger partial charge in [0.25, 0.3) is 5.91 Å². The van der Waals surface area contributed by atoms with Crippen LogP contribution in [0.3, 0.4) is 0 Å². The molecule has 366 valence electrons. The number of unbranched alkanes of at least 4 members (excludes halogenated alkanes) is 6. The van der Waals surface area contributed by atoms with E-state index in [4.69, 9.17) is 30.4 Å². The second kappa shape index (κ2) is 31.6. The first-order valence-corrected chi connectivity index (χ1v) is 27.2. The Balaban J connectivity index is 0.869. The van der Waals surface area contributed by atoms with E-state index in [0.717, 1.165) is 86.2 Å². The molecule has 0 aliphatic carbocycles. The average molecular weight is 1060 g/mol. The van der Waals surface area contributed by atoms with Crippen LogP contribution < -0.4 is 32.7 Å². The summed E-state index contributed by atoms with van der Waals surface area (Å²) in [5.41, 5.74) is 12.4. The molecule has 1 aromatic rings. The molecule has 5 rings (SSSR count). The van der Waals surface area contributed by atoms with Crippen molar-refractivity contribution in [3.05, 3.63) is 33.4 Å². The number of carbonyl (C=O) groups excluding carboxylic acids is 3. The van der Waals surface area contributed by atoms with Crippen LogP contribution in [0.4, 0.5) is 0 Å². The Morgan fingerprint density at radius 2 is 1.29 bits per heavy atom. The second-order valence-corrected chi connectivity index (χ2v) is 21.1. The van der Waals surface area contributed by atoms with Crippen LogP contribution in [0.25, 0.3) is 0 Å². The summed E-state index contributed by atoms with van der Waals surface area (Å²) in [6, 6.07) is 8.59. The van der Waals surface area contributed by atoms with Gasteiger partial charge in [0.1, 0.15) is 0 Å². The van der Waals surface area contributed by atoms with Gasteiger partial charge in [-0.1, -0.05) is 31.7 Å². The molecule has 2 fully saturated rings. The van der Waals surface area contributed by atoms with E-state index in [1.165, 1.54) is 31.4 Å². The van der Waals surface area contributed by atoms with Gasteiger partial charge in [-0.05, 0) is 104 Å². The third-order valence-electron chi connectivity index (χ3n) is 12.0. The lowest BCUT2D eigenvalue weighted by molar-refractivity contribution is -0.125. The molecule has 4 aliphatic rings. The maximum absolute atomic E-state index is 12.9. The number of thioether (sulfide) groups is 2. The summed E-state index contributed by atoms with van der Waals surface area (Å²) in [5, 5.41) is 13.3. The Bertz CT molecular complexity index is 1560. The normalized spacial score (nSPS) is 22.1. The number of nitrogens with zero attached hydrogens (tertiary/aromatic N) is 3. The number of rotatable bonds is 36. The van der Waals surface area contributed by atoms with Gasteiger partial charge in [0.05, 0.1) is 63.5 Å². The molecule has 0 spiro atoms. The highest BCUT2D eigenvalue weighted by Gasteiger charge is 2.41. The molecule has 1 aromatic carbocycles. The lowest BCUT2D eigenvalue weighted by Crippen LogP contribution is -2.44. The van der Waals surface area contributed by atoms with Crippen molar-refractivity contribution in [3.63, 3.8) is 0 Å². The third-order valence-corrected chi connectivity index (χ3v) is 15.7. The van der Waals surface area contributed by atoms with E-state index < -0.39 is 0 Å². The molecule has 3 amide bonds. The van der Waals surface area contributed by atoms with Crippen molar-refractivity contribution in [1.29, 1.82) is 0 Å². The van der Waals surface area contributed by atoms with Crippen LogP contribution in [0, 0.1) is 9.49 Å². The quantitative estimate of drug-likeness (QED) is 0.0416. The first kappa shape index (κ1) is 53.6. The number of carbonyl (C=O) groups is 3. The monoisotopic (exact) mass is 1060 g/mol. The molecule has 4 aliphatic heterocycles. The summed E-state index contributed by atoms with van der Waals surface area (Å²) in [6.45, 7) is 6.41. The number of nitrogens with one attached hydrogen (secondary N) is 4. The number of nitrogens with two attached hydrogens (primary N) is 2. The molecule has 16 nitrogen and oxygen atoms in total. The van der Waals surface area contributed by atoms with Gasteiger partial charge in [-0.3, -0.25) is 24.3 Å². The predicted molar refractivity (Wildman–Crippen MR) is 271 cm³/mol. The van der Waals surface area contributed by atoms with E-state index in [-0.39, 0.29) is 30.8 Å². The number of fused-ring (bicyclic) bond motifs is 2. The number of aliphatic imine (C=N–C) groups is 2. The van der Waals surface area contributed by atoms with Crippen LogP contribution in [0.2, 0.25) is 0 Å². The van der Waals surface area contributed by atoms with E-state index in [1.807, 2.05) is 34.9 Å². The van der Waals surface area contributed by atoms with Crippen LogP contribution in [-0.2, 0) is 28.5 Å². The lowest BCUT2D eigenvalue weighted by atomic mass is 9.96. The first-order valence-electron chi connectivity index (χ1n) is 24.0. The van der Waals surface area contributed by atoms with Gasteiger partial charge in [-0.15, -0.1) is 0 Å². The molecule has 0 saturated carbocycles. The Hall–Kier alpha value is -2.40. The zero-order valence-corrected chi connectivity index (χ0v) is 42.1. The van der Waals surface area contributed by atoms with Crippen LogP contribution in [-0.4, -0.2) is 167 Å². The fourth-order valence-electron chi connectivity index (χ4n) is 8.50. The van der Waals surface area contributed by atoms with Crippen molar-refractivity contribution >= 4 is 75.6 Å². The highest BCUT2D eigenvalue weighted by Crippen LogP contribution is 2.41. The summed E-state index contributed by atoms with van der Waals surface area (Å²) < 4.78 is 24.1. The molecule has 0 bridgehead atoms. The van der Waals surface area contributed by atoms with Crippen molar-refractivity contribution < 1.29 is 33.3 Å². The molecule has 2 saturated heterocycles. The van der Waals surface area contributed by atoms with Crippen LogP contribution >= 0.6 is 46.1 Å². The lowest BCUT2D eigenvalue weighted by Gasteiger charge is -2.21. The Morgan fingerprint density at radius 1 is 0.692 bits per heavy atom. The maximum Gasteiger partial charge on any atom is 0.251 e. The minimum Gasteiger partial charge on any atom is -0.387 e.